The summed E-state index contributed by atoms with van der Waals surface area (Å²) < 4.78 is 22.1. The van der Waals surface area contributed by atoms with Crippen molar-refractivity contribution in [3.05, 3.63) is 96.1 Å². The van der Waals surface area contributed by atoms with Crippen molar-refractivity contribution in [2.45, 2.75) is 26.2 Å². The number of nitrogens with one attached hydrogen (secondary N) is 1. The van der Waals surface area contributed by atoms with Gasteiger partial charge in [0, 0.05) is 0 Å². The molecule has 0 unspecified atom stereocenters. The Morgan fingerprint density at radius 2 is 1.76 bits per heavy atom. The second-order valence-electron chi connectivity index (χ2n) is 8.21. The normalized spacial score (nSPS) is 10.6. The van der Waals surface area contributed by atoms with E-state index in [-0.39, 0.29) is 12.4 Å². The maximum Gasteiger partial charge on any atom is 0.343 e. The number of unbranched alkanes of at least 4 members (excludes halogenated alkanes) is 1. The Balaban J connectivity index is 1.53. The van der Waals surface area contributed by atoms with Crippen LogP contribution in [0.4, 0.5) is 0 Å². The topological polar surface area (TPSA) is 95.5 Å². The molecule has 1 N–H and O–H groups in total. The van der Waals surface area contributed by atoms with E-state index in [1.807, 2.05) is 18.2 Å². The highest BCUT2D eigenvalue weighted by Gasteiger charge is 2.13. The Morgan fingerprint density at radius 3 is 2.50 bits per heavy atom. The molecule has 38 heavy (non-hydrogen) atoms. The number of para-hydroxylation sites is 1. The number of hydrazone groups is 1. The van der Waals surface area contributed by atoms with Gasteiger partial charge >= 0.3 is 5.97 Å². The van der Waals surface area contributed by atoms with Gasteiger partial charge in [0.2, 0.25) is 0 Å². The van der Waals surface area contributed by atoms with Gasteiger partial charge in [0.25, 0.3) is 5.91 Å². The molecule has 0 saturated heterocycles. The minimum Gasteiger partial charge on any atom is -0.494 e. The fourth-order valence-corrected chi connectivity index (χ4v) is 3.35. The third-order valence-corrected chi connectivity index (χ3v) is 5.35. The Hall–Kier alpha value is -4.59. The first-order valence-corrected chi connectivity index (χ1v) is 12.3. The fourth-order valence-electron chi connectivity index (χ4n) is 3.35. The highest BCUT2D eigenvalue weighted by molar-refractivity contribution is 5.92. The van der Waals surface area contributed by atoms with Gasteiger partial charge in [-0.1, -0.05) is 37.6 Å². The molecule has 0 radical (unpaired) electrons. The molecule has 3 rings (SSSR count). The third kappa shape index (κ3) is 8.51. The summed E-state index contributed by atoms with van der Waals surface area (Å²) in [6.45, 7) is 6.27. The number of hydrogen-bond acceptors (Lipinski definition) is 7. The number of rotatable bonds is 14. The molecular weight excluding hydrogens is 484 g/mol. The molecule has 0 fully saturated rings. The quantitative estimate of drug-likeness (QED) is 0.0775. The number of allylic oxidation sites excluding steroid dienone is 1. The van der Waals surface area contributed by atoms with Crippen molar-refractivity contribution >= 4 is 18.1 Å². The predicted octanol–water partition coefficient (Wildman–Crippen LogP) is 5.35. The molecule has 0 aromatic heterocycles. The molecule has 0 aliphatic rings. The zero-order chi connectivity index (χ0) is 27.2. The van der Waals surface area contributed by atoms with E-state index in [4.69, 9.17) is 18.9 Å². The molecule has 3 aromatic carbocycles. The summed E-state index contributed by atoms with van der Waals surface area (Å²) in [6.07, 6.45) is 5.89. The molecule has 1 amide bonds. The van der Waals surface area contributed by atoms with Gasteiger partial charge in [0.15, 0.2) is 18.1 Å². The molecule has 0 atom stereocenters. The number of esters is 1. The van der Waals surface area contributed by atoms with Crippen molar-refractivity contribution in [3.8, 4) is 23.0 Å². The van der Waals surface area contributed by atoms with Crippen molar-refractivity contribution < 1.29 is 28.5 Å². The average Bonchev–Trinajstić information content (AvgIpc) is 2.94. The number of carbonyl (C=O) groups is 2. The van der Waals surface area contributed by atoms with E-state index in [1.165, 1.54) is 13.3 Å². The van der Waals surface area contributed by atoms with Gasteiger partial charge < -0.3 is 18.9 Å². The minimum atomic E-state index is -0.522. The summed E-state index contributed by atoms with van der Waals surface area (Å²) in [5.74, 6) is 0.995. The standard InChI is InChI=1S/C30H32N2O6/c1-4-6-18-36-25-15-13-24(14-16-25)30(34)38-27-17-12-22(19-28(27)35-3)20-31-32-29(33)21-37-26-11-8-7-10-23(26)9-5-2/h5,7-8,10-17,19-20H,2,4,6,9,18,21H2,1,3H3,(H,32,33)/b31-20-. The van der Waals surface area contributed by atoms with Crippen LogP contribution in [-0.2, 0) is 11.2 Å². The number of hydrogen-bond donors (Lipinski definition) is 1. The Labute approximate surface area is 222 Å². The molecule has 0 spiro atoms. The van der Waals surface area contributed by atoms with Crippen molar-refractivity contribution in [2.24, 2.45) is 5.10 Å². The Morgan fingerprint density at radius 1 is 0.974 bits per heavy atom. The van der Waals surface area contributed by atoms with Crippen LogP contribution in [0.3, 0.4) is 0 Å². The summed E-state index contributed by atoms with van der Waals surface area (Å²) in [4.78, 5) is 24.7. The van der Waals surface area contributed by atoms with Crippen molar-refractivity contribution in [2.75, 3.05) is 20.3 Å². The Kier molecular flexibility index (Phi) is 10.9. The lowest BCUT2D eigenvalue weighted by Crippen LogP contribution is -2.24. The van der Waals surface area contributed by atoms with Gasteiger partial charge in [-0.3, -0.25) is 4.79 Å². The molecule has 8 heteroatoms. The molecule has 0 aliphatic carbocycles. The monoisotopic (exact) mass is 516 g/mol. The van der Waals surface area contributed by atoms with Crippen molar-refractivity contribution in [1.82, 2.24) is 5.43 Å². The summed E-state index contributed by atoms with van der Waals surface area (Å²) in [6, 6.07) is 19.2. The van der Waals surface area contributed by atoms with E-state index in [1.54, 1.807) is 54.6 Å². The zero-order valence-electron chi connectivity index (χ0n) is 21.6. The molecule has 3 aromatic rings. The molecule has 198 valence electrons. The first kappa shape index (κ1) is 28.0. The summed E-state index contributed by atoms with van der Waals surface area (Å²) in [5, 5.41) is 3.97. The number of carbonyl (C=O) groups excluding carboxylic acids is 2. The predicted molar refractivity (Wildman–Crippen MR) is 146 cm³/mol. The average molecular weight is 517 g/mol. The Bertz CT molecular complexity index is 1250. The van der Waals surface area contributed by atoms with Crippen LogP contribution in [0.2, 0.25) is 0 Å². The van der Waals surface area contributed by atoms with Crippen LogP contribution in [-0.4, -0.2) is 38.4 Å². The first-order chi connectivity index (χ1) is 18.5. The van der Waals surface area contributed by atoms with Crippen LogP contribution in [0.25, 0.3) is 0 Å². The van der Waals surface area contributed by atoms with E-state index >= 15 is 0 Å². The number of methoxy groups -OCH3 is 1. The molecule has 0 aliphatic heterocycles. The lowest BCUT2D eigenvalue weighted by Gasteiger charge is -2.11. The van der Waals surface area contributed by atoms with Crippen molar-refractivity contribution in [3.63, 3.8) is 0 Å². The summed E-state index contributed by atoms with van der Waals surface area (Å²) in [5.41, 5.74) is 4.39. The van der Waals surface area contributed by atoms with Gasteiger partial charge in [-0.15, -0.1) is 6.58 Å². The third-order valence-electron chi connectivity index (χ3n) is 5.35. The van der Waals surface area contributed by atoms with Gasteiger partial charge in [-0.05, 0) is 72.5 Å². The van der Waals surface area contributed by atoms with Crippen LogP contribution < -0.4 is 24.4 Å². The first-order valence-electron chi connectivity index (χ1n) is 12.3. The minimum absolute atomic E-state index is 0.185. The van der Waals surface area contributed by atoms with Crippen LogP contribution in [0.1, 0.15) is 41.3 Å². The van der Waals surface area contributed by atoms with E-state index in [0.29, 0.717) is 41.4 Å². The second kappa shape index (κ2) is 14.8. The van der Waals surface area contributed by atoms with Crippen LogP contribution in [0, 0.1) is 0 Å². The van der Waals surface area contributed by atoms with E-state index in [9.17, 15) is 9.59 Å². The molecule has 0 heterocycles. The molecule has 0 saturated carbocycles. The van der Waals surface area contributed by atoms with Crippen LogP contribution in [0.15, 0.2) is 84.5 Å². The summed E-state index contributed by atoms with van der Waals surface area (Å²) in [7, 11) is 1.47. The van der Waals surface area contributed by atoms with E-state index < -0.39 is 11.9 Å². The van der Waals surface area contributed by atoms with Gasteiger partial charge in [0.05, 0.1) is 25.5 Å². The fraction of sp³-hybridized carbons (Fsp3) is 0.233. The second-order valence-corrected chi connectivity index (χ2v) is 8.21. The number of amides is 1. The zero-order valence-corrected chi connectivity index (χ0v) is 21.6. The van der Waals surface area contributed by atoms with E-state index in [2.05, 4.69) is 24.0 Å². The van der Waals surface area contributed by atoms with Gasteiger partial charge in [-0.25, -0.2) is 10.2 Å². The molecule has 8 nitrogen and oxygen atoms in total. The largest absolute Gasteiger partial charge is 0.494 e. The maximum atomic E-state index is 12.6. The number of nitrogens with zero attached hydrogens (tertiary/aromatic N) is 1. The lowest BCUT2D eigenvalue weighted by atomic mass is 10.1. The SMILES string of the molecule is C=CCc1ccccc1OCC(=O)N/N=C\c1ccc(OC(=O)c2ccc(OCCCC)cc2)c(OC)c1. The molecule has 0 bridgehead atoms. The van der Waals surface area contributed by atoms with Gasteiger partial charge in [-0.2, -0.15) is 5.10 Å². The van der Waals surface area contributed by atoms with Crippen molar-refractivity contribution in [1.29, 1.82) is 0 Å². The molecular formula is C30H32N2O6. The summed E-state index contributed by atoms with van der Waals surface area (Å²) >= 11 is 0. The van der Waals surface area contributed by atoms with Crippen LogP contribution >= 0.6 is 0 Å². The van der Waals surface area contributed by atoms with Crippen LogP contribution in [0.5, 0.6) is 23.0 Å². The number of ether oxygens (including phenoxy) is 4. The highest BCUT2D eigenvalue weighted by atomic mass is 16.6. The lowest BCUT2D eigenvalue weighted by molar-refractivity contribution is -0.123. The highest BCUT2D eigenvalue weighted by Crippen LogP contribution is 2.28. The maximum absolute atomic E-state index is 12.6. The van der Waals surface area contributed by atoms with Gasteiger partial charge in [0.1, 0.15) is 11.5 Å². The smallest absolute Gasteiger partial charge is 0.343 e. The van der Waals surface area contributed by atoms with E-state index in [0.717, 1.165) is 18.4 Å². The number of benzene rings is 3.